The first-order valence-electron chi connectivity index (χ1n) is 6.89. The second-order valence-electron chi connectivity index (χ2n) is 6.56. The minimum atomic E-state index is 0.289. The van der Waals surface area contributed by atoms with Crippen LogP contribution in [0, 0.1) is 11.3 Å². The predicted molar refractivity (Wildman–Crippen MR) is 75.1 cm³/mol. The van der Waals surface area contributed by atoms with Gasteiger partial charge in [0, 0.05) is 19.1 Å². The maximum absolute atomic E-state index is 6.05. The van der Waals surface area contributed by atoms with E-state index in [1.807, 2.05) is 0 Å². The van der Waals surface area contributed by atoms with E-state index < -0.39 is 0 Å². The molecule has 1 aliphatic heterocycles. The van der Waals surface area contributed by atoms with Gasteiger partial charge in [0.15, 0.2) is 5.96 Å². The van der Waals surface area contributed by atoms with Crippen LogP contribution in [0.25, 0.3) is 0 Å². The Kier molecular flexibility index (Phi) is 4.84. The smallest absolute Gasteiger partial charge is 0.191 e. The Morgan fingerprint density at radius 3 is 2.41 bits per heavy atom. The fraction of sp³-hybridized carbons (Fsp3) is 0.929. The van der Waals surface area contributed by atoms with Crippen molar-refractivity contribution >= 4 is 5.96 Å². The molecule has 1 fully saturated rings. The number of guanidine groups is 1. The lowest BCUT2D eigenvalue weighted by Gasteiger charge is -2.30. The van der Waals surface area contributed by atoms with Crippen LogP contribution in [0.15, 0.2) is 4.99 Å². The summed E-state index contributed by atoms with van der Waals surface area (Å²) in [6, 6.07) is 0.289. The van der Waals surface area contributed by atoms with Gasteiger partial charge in [-0.15, -0.1) is 0 Å². The van der Waals surface area contributed by atoms with Gasteiger partial charge in [0.25, 0.3) is 0 Å². The molecule has 1 aliphatic rings. The van der Waals surface area contributed by atoms with Crippen LogP contribution >= 0.6 is 0 Å². The Balaban J connectivity index is 2.59. The molecule has 1 heterocycles. The molecular weight excluding hydrogens is 210 g/mol. The quantitative estimate of drug-likeness (QED) is 0.565. The molecule has 3 nitrogen and oxygen atoms in total. The molecule has 2 N–H and O–H groups in total. The first-order chi connectivity index (χ1) is 7.80. The molecule has 0 amide bonds. The number of hydrogen-bond donors (Lipinski definition) is 1. The van der Waals surface area contributed by atoms with Crippen molar-refractivity contribution in [3.05, 3.63) is 0 Å². The van der Waals surface area contributed by atoms with Gasteiger partial charge in [-0.25, -0.2) is 0 Å². The molecule has 1 saturated heterocycles. The third-order valence-electron chi connectivity index (χ3n) is 3.67. The van der Waals surface area contributed by atoms with Crippen molar-refractivity contribution in [2.45, 2.75) is 59.9 Å². The number of aliphatic imine (C=N–C) groups is 1. The van der Waals surface area contributed by atoms with Gasteiger partial charge >= 0.3 is 0 Å². The van der Waals surface area contributed by atoms with Gasteiger partial charge in [0.05, 0.1) is 0 Å². The Bertz CT molecular complexity index is 263. The molecular formula is C14H29N3. The van der Waals surface area contributed by atoms with E-state index in [9.17, 15) is 0 Å². The fourth-order valence-corrected chi connectivity index (χ4v) is 2.54. The zero-order chi connectivity index (χ0) is 13.1. The standard InChI is InChI=1S/C14H29N3/c1-11(2)16-13(15)17-9-6-7-12(8-10-17)14(3,4)5/h11-12H,6-10H2,1-5H3,(H2,15,16). The van der Waals surface area contributed by atoms with Gasteiger partial charge in [-0.1, -0.05) is 20.8 Å². The summed E-state index contributed by atoms with van der Waals surface area (Å²) in [6.07, 6.45) is 3.78. The van der Waals surface area contributed by atoms with Crippen LogP contribution in [-0.2, 0) is 0 Å². The van der Waals surface area contributed by atoms with Crippen molar-refractivity contribution in [2.75, 3.05) is 13.1 Å². The van der Waals surface area contributed by atoms with Gasteiger partial charge < -0.3 is 10.6 Å². The fourth-order valence-electron chi connectivity index (χ4n) is 2.54. The van der Waals surface area contributed by atoms with Crippen molar-refractivity contribution in [2.24, 2.45) is 22.1 Å². The molecule has 3 heteroatoms. The largest absolute Gasteiger partial charge is 0.370 e. The average molecular weight is 239 g/mol. The van der Waals surface area contributed by atoms with Crippen LogP contribution < -0.4 is 5.73 Å². The minimum Gasteiger partial charge on any atom is -0.370 e. The lowest BCUT2D eigenvalue weighted by molar-refractivity contribution is 0.216. The average Bonchev–Trinajstić information content (AvgIpc) is 2.40. The summed E-state index contributed by atoms with van der Waals surface area (Å²) in [4.78, 5) is 6.71. The van der Waals surface area contributed by atoms with E-state index in [-0.39, 0.29) is 6.04 Å². The molecule has 17 heavy (non-hydrogen) atoms. The molecule has 1 rings (SSSR count). The highest BCUT2D eigenvalue weighted by Gasteiger charge is 2.27. The maximum Gasteiger partial charge on any atom is 0.191 e. The second kappa shape index (κ2) is 5.74. The van der Waals surface area contributed by atoms with E-state index in [1.54, 1.807) is 0 Å². The maximum atomic E-state index is 6.05. The van der Waals surface area contributed by atoms with Gasteiger partial charge in [-0.05, 0) is 44.4 Å². The van der Waals surface area contributed by atoms with Crippen LogP contribution in [-0.4, -0.2) is 30.0 Å². The number of nitrogens with zero attached hydrogens (tertiary/aromatic N) is 2. The van der Waals surface area contributed by atoms with E-state index in [0.717, 1.165) is 25.0 Å². The van der Waals surface area contributed by atoms with E-state index >= 15 is 0 Å². The molecule has 0 bridgehead atoms. The van der Waals surface area contributed by atoms with E-state index in [2.05, 4.69) is 44.5 Å². The highest BCUT2D eigenvalue weighted by atomic mass is 15.3. The summed E-state index contributed by atoms with van der Waals surface area (Å²) in [5, 5.41) is 0. The second-order valence-corrected chi connectivity index (χ2v) is 6.56. The van der Waals surface area contributed by atoms with Crippen LogP contribution in [0.5, 0.6) is 0 Å². The summed E-state index contributed by atoms with van der Waals surface area (Å²) < 4.78 is 0. The SMILES string of the molecule is CC(C)N=C(N)N1CCCC(C(C)(C)C)CC1. The molecule has 0 radical (unpaired) electrons. The van der Waals surface area contributed by atoms with E-state index in [4.69, 9.17) is 5.73 Å². The van der Waals surface area contributed by atoms with Crippen LogP contribution in [0.3, 0.4) is 0 Å². The lowest BCUT2D eigenvalue weighted by atomic mass is 9.77. The van der Waals surface area contributed by atoms with Crippen molar-refractivity contribution in [1.29, 1.82) is 0 Å². The molecule has 1 atom stereocenters. The highest BCUT2D eigenvalue weighted by Crippen LogP contribution is 2.34. The number of likely N-dealkylation sites (tertiary alicyclic amines) is 1. The predicted octanol–water partition coefficient (Wildman–Crippen LogP) is 2.86. The molecule has 1 unspecified atom stereocenters. The molecule has 0 spiro atoms. The molecule has 0 aliphatic carbocycles. The normalized spacial score (nSPS) is 24.0. The van der Waals surface area contributed by atoms with Gasteiger partial charge in [0.2, 0.25) is 0 Å². The Morgan fingerprint density at radius 1 is 1.24 bits per heavy atom. The zero-order valence-electron chi connectivity index (χ0n) is 12.2. The van der Waals surface area contributed by atoms with Crippen molar-refractivity contribution < 1.29 is 0 Å². The number of nitrogens with two attached hydrogens (primary N) is 1. The minimum absolute atomic E-state index is 0.289. The number of rotatable bonds is 1. The first kappa shape index (κ1) is 14.3. The topological polar surface area (TPSA) is 41.6 Å². The summed E-state index contributed by atoms with van der Waals surface area (Å²) >= 11 is 0. The van der Waals surface area contributed by atoms with Crippen LogP contribution in [0.4, 0.5) is 0 Å². The van der Waals surface area contributed by atoms with Gasteiger partial charge in [-0.2, -0.15) is 0 Å². The summed E-state index contributed by atoms with van der Waals surface area (Å²) in [7, 11) is 0. The highest BCUT2D eigenvalue weighted by molar-refractivity contribution is 5.78. The molecule has 0 aromatic rings. The third-order valence-corrected chi connectivity index (χ3v) is 3.67. The van der Waals surface area contributed by atoms with E-state index in [0.29, 0.717) is 5.41 Å². The van der Waals surface area contributed by atoms with Crippen molar-refractivity contribution in [3.63, 3.8) is 0 Å². The summed E-state index contributed by atoms with van der Waals surface area (Å²) in [6.45, 7) is 13.3. The van der Waals surface area contributed by atoms with E-state index in [1.165, 1.54) is 19.3 Å². The van der Waals surface area contributed by atoms with Gasteiger partial charge in [-0.3, -0.25) is 4.99 Å². The Hall–Kier alpha value is -0.730. The van der Waals surface area contributed by atoms with Crippen molar-refractivity contribution in [1.82, 2.24) is 4.90 Å². The summed E-state index contributed by atoms with van der Waals surface area (Å²) in [5.74, 6) is 1.54. The lowest BCUT2D eigenvalue weighted by Crippen LogP contribution is -2.39. The molecule has 0 aromatic carbocycles. The van der Waals surface area contributed by atoms with Gasteiger partial charge in [0.1, 0.15) is 0 Å². The Morgan fingerprint density at radius 2 is 1.88 bits per heavy atom. The Labute approximate surface area is 106 Å². The van der Waals surface area contributed by atoms with Crippen molar-refractivity contribution in [3.8, 4) is 0 Å². The molecule has 100 valence electrons. The zero-order valence-corrected chi connectivity index (χ0v) is 12.2. The third kappa shape index (κ3) is 4.57. The summed E-state index contributed by atoms with van der Waals surface area (Å²) in [5.41, 5.74) is 6.47. The first-order valence-corrected chi connectivity index (χ1v) is 6.89. The molecule has 0 aromatic heterocycles. The monoisotopic (exact) mass is 239 g/mol. The number of hydrogen-bond acceptors (Lipinski definition) is 1. The molecule has 0 saturated carbocycles. The van der Waals surface area contributed by atoms with Crippen LogP contribution in [0.1, 0.15) is 53.9 Å². The van der Waals surface area contributed by atoms with Crippen LogP contribution in [0.2, 0.25) is 0 Å².